The number of nitrogens with zero attached hydrogens (tertiary/aromatic N) is 3. The van der Waals surface area contributed by atoms with E-state index in [1.165, 1.54) is 19.3 Å². The number of carbonyl (C=O) groups excluding carboxylic acids is 2. The summed E-state index contributed by atoms with van der Waals surface area (Å²) in [6.07, 6.45) is 9.95. The van der Waals surface area contributed by atoms with Crippen LogP contribution in [0.5, 0.6) is 0 Å². The molecule has 1 N–H and O–H groups in total. The van der Waals surface area contributed by atoms with Gasteiger partial charge in [-0.3, -0.25) is 14.3 Å². The predicted octanol–water partition coefficient (Wildman–Crippen LogP) is 1.99. The van der Waals surface area contributed by atoms with Crippen molar-refractivity contribution < 1.29 is 9.59 Å². The Morgan fingerprint density at radius 2 is 2.00 bits per heavy atom. The number of amides is 2. The maximum Gasteiger partial charge on any atom is 0.257 e. The van der Waals surface area contributed by atoms with Crippen molar-refractivity contribution in [2.24, 2.45) is 11.3 Å². The van der Waals surface area contributed by atoms with Gasteiger partial charge in [-0.25, -0.2) is 0 Å². The maximum absolute atomic E-state index is 13.0. The van der Waals surface area contributed by atoms with Crippen molar-refractivity contribution in [3.63, 3.8) is 0 Å². The molecule has 0 aromatic carbocycles. The van der Waals surface area contributed by atoms with Crippen molar-refractivity contribution >= 4 is 11.8 Å². The molecule has 1 aromatic rings. The van der Waals surface area contributed by atoms with E-state index in [-0.39, 0.29) is 11.8 Å². The monoisotopic (exact) mass is 344 g/mol. The molecule has 4 rings (SSSR count). The van der Waals surface area contributed by atoms with Gasteiger partial charge in [0.25, 0.3) is 5.91 Å². The third kappa shape index (κ3) is 3.18. The minimum atomic E-state index is 0.00798. The molecule has 2 fully saturated rings. The summed E-state index contributed by atoms with van der Waals surface area (Å²) < 4.78 is 1.98. The number of aryl methyl sites for hydroxylation is 1. The lowest BCUT2D eigenvalue weighted by atomic mass is 9.63. The van der Waals surface area contributed by atoms with Crippen LogP contribution in [0.1, 0.15) is 61.5 Å². The smallest absolute Gasteiger partial charge is 0.257 e. The predicted molar refractivity (Wildman–Crippen MR) is 94.1 cm³/mol. The number of hydrogen-bond acceptors (Lipinski definition) is 3. The van der Waals surface area contributed by atoms with Gasteiger partial charge in [-0.1, -0.05) is 6.42 Å². The number of nitrogens with one attached hydrogen (secondary N) is 1. The van der Waals surface area contributed by atoms with Crippen molar-refractivity contribution in [3.8, 4) is 0 Å². The molecule has 3 heterocycles. The van der Waals surface area contributed by atoms with Gasteiger partial charge in [-0.05, 0) is 49.9 Å². The average molecular weight is 344 g/mol. The lowest BCUT2D eigenvalue weighted by molar-refractivity contribution is -0.119. The minimum absolute atomic E-state index is 0.00798. The van der Waals surface area contributed by atoms with Gasteiger partial charge in [0, 0.05) is 33.1 Å². The molecule has 2 aliphatic heterocycles. The highest BCUT2D eigenvalue weighted by molar-refractivity contribution is 5.95. The molecule has 1 spiro atoms. The van der Waals surface area contributed by atoms with Crippen molar-refractivity contribution in [1.82, 2.24) is 20.0 Å². The van der Waals surface area contributed by atoms with Crippen molar-refractivity contribution in [2.45, 2.75) is 58.4 Å². The minimum Gasteiger partial charge on any atom is -0.356 e. The highest BCUT2D eigenvalue weighted by Gasteiger charge is 2.41. The molecule has 1 atom stereocenters. The van der Waals surface area contributed by atoms with E-state index >= 15 is 0 Å². The first kappa shape index (κ1) is 16.6. The summed E-state index contributed by atoms with van der Waals surface area (Å²) >= 11 is 0. The summed E-state index contributed by atoms with van der Waals surface area (Å²) in [5, 5.41) is 7.35. The molecule has 2 amide bonds. The molecule has 1 aromatic heterocycles. The van der Waals surface area contributed by atoms with Crippen LogP contribution in [0.2, 0.25) is 0 Å². The molecule has 25 heavy (non-hydrogen) atoms. The summed E-state index contributed by atoms with van der Waals surface area (Å²) in [5.74, 6) is 0.545. The molecule has 0 radical (unpaired) electrons. The van der Waals surface area contributed by atoms with Crippen LogP contribution in [-0.2, 0) is 17.8 Å². The number of aromatic nitrogens is 2. The Morgan fingerprint density at radius 3 is 2.64 bits per heavy atom. The van der Waals surface area contributed by atoms with Gasteiger partial charge in [0.1, 0.15) is 0 Å². The first-order chi connectivity index (χ1) is 12.1. The average Bonchev–Trinajstić information content (AvgIpc) is 3.01. The van der Waals surface area contributed by atoms with Gasteiger partial charge in [-0.15, -0.1) is 0 Å². The fourth-order valence-corrected chi connectivity index (χ4v) is 4.67. The molecule has 1 saturated carbocycles. The van der Waals surface area contributed by atoms with Gasteiger partial charge in [-0.2, -0.15) is 5.10 Å². The largest absolute Gasteiger partial charge is 0.356 e. The number of likely N-dealkylation sites (tertiary alicyclic amines) is 1. The SMILES string of the molecule is CC(=O)NCC1CCn2ncc(C(=O)N3CCC4(CCC4)CC3)c2C1. The number of hydrogen-bond donors (Lipinski definition) is 1. The van der Waals surface area contributed by atoms with E-state index in [0.29, 0.717) is 17.9 Å². The molecule has 136 valence electrons. The number of fused-ring (bicyclic) bond motifs is 1. The molecular weight excluding hydrogens is 316 g/mol. The van der Waals surface area contributed by atoms with Crippen LogP contribution in [0.15, 0.2) is 6.20 Å². The van der Waals surface area contributed by atoms with E-state index in [4.69, 9.17) is 0 Å². The fourth-order valence-electron chi connectivity index (χ4n) is 4.67. The van der Waals surface area contributed by atoms with Crippen LogP contribution in [0, 0.1) is 11.3 Å². The number of carbonyl (C=O) groups is 2. The zero-order valence-electron chi connectivity index (χ0n) is 15.1. The summed E-state index contributed by atoms with van der Waals surface area (Å²) in [5.41, 5.74) is 2.38. The van der Waals surface area contributed by atoms with Crippen LogP contribution in [0.4, 0.5) is 0 Å². The van der Waals surface area contributed by atoms with Crippen LogP contribution < -0.4 is 5.32 Å². The van der Waals surface area contributed by atoms with Gasteiger partial charge in [0.05, 0.1) is 17.5 Å². The Bertz CT molecular complexity index is 667. The molecule has 3 aliphatic rings. The standard InChI is InChI=1S/C19H28N4O2/c1-14(24)20-12-15-3-8-23-17(11-15)16(13-21-23)18(25)22-9-6-19(7-10-22)4-2-5-19/h13,15H,2-12H2,1H3,(H,20,24). The first-order valence-electron chi connectivity index (χ1n) is 9.65. The van der Waals surface area contributed by atoms with Gasteiger partial charge < -0.3 is 10.2 Å². The highest BCUT2D eigenvalue weighted by Crippen LogP contribution is 2.48. The molecular formula is C19H28N4O2. The Hall–Kier alpha value is -1.85. The Kier molecular flexibility index (Phi) is 4.29. The third-order valence-electron chi connectivity index (χ3n) is 6.58. The third-order valence-corrected chi connectivity index (χ3v) is 6.58. The lowest BCUT2D eigenvalue weighted by Gasteiger charge is -2.48. The van der Waals surface area contributed by atoms with Crippen LogP contribution >= 0.6 is 0 Å². The Morgan fingerprint density at radius 1 is 1.24 bits per heavy atom. The zero-order valence-corrected chi connectivity index (χ0v) is 15.1. The second kappa shape index (κ2) is 6.46. The molecule has 0 bridgehead atoms. The van der Waals surface area contributed by atoms with Crippen molar-refractivity contribution in [3.05, 3.63) is 17.5 Å². The summed E-state index contributed by atoms with van der Waals surface area (Å²) in [6.45, 7) is 4.83. The second-order valence-electron chi connectivity index (χ2n) is 8.17. The van der Waals surface area contributed by atoms with E-state index in [2.05, 4.69) is 10.4 Å². The fraction of sp³-hybridized carbons (Fsp3) is 0.737. The summed E-state index contributed by atoms with van der Waals surface area (Å²) in [4.78, 5) is 26.2. The Balaban J connectivity index is 1.42. The molecule has 6 heteroatoms. The van der Waals surface area contributed by atoms with Crippen LogP contribution in [-0.4, -0.2) is 46.1 Å². The van der Waals surface area contributed by atoms with E-state index in [1.807, 2.05) is 9.58 Å². The van der Waals surface area contributed by atoms with E-state index in [0.717, 1.165) is 56.6 Å². The molecule has 1 saturated heterocycles. The molecule has 1 aliphatic carbocycles. The van der Waals surface area contributed by atoms with Gasteiger partial charge in [0.15, 0.2) is 0 Å². The summed E-state index contributed by atoms with van der Waals surface area (Å²) in [6, 6.07) is 0. The highest BCUT2D eigenvalue weighted by atomic mass is 16.2. The van der Waals surface area contributed by atoms with Crippen molar-refractivity contribution in [1.29, 1.82) is 0 Å². The van der Waals surface area contributed by atoms with Crippen LogP contribution in [0.3, 0.4) is 0 Å². The van der Waals surface area contributed by atoms with Crippen LogP contribution in [0.25, 0.3) is 0 Å². The van der Waals surface area contributed by atoms with E-state index in [1.54, 1.807) is 13.1 Å². The Labute approximate surface area is 148 Å². The first-order valence-corrected chi connectivity index (χ1v) is 9.65. The van der Waals surface area contributed by atoms with E-state index < -0.39 is 0 Å². The van der Waals surface area contributed by atoms with Gasteiger partial charge in [0.2, 0.25) is 5.91 Å². The van der Waals surface area contributed by atoms with Gasteiger partial charge >= 0.3 is 0 Å². The molecule has 6 nitrogen and oxygen atoms in total. The summed E-state index contributed by atoms with van der Waals surface area (Å²) in [7, 11) is 0. The van der Waals surface area contributed by atoms with Crippen molar-refractivity contribution in [2.75, 3.05) is 19.6 Å². The number of piperidine rings is 1. The topological polar surface area (TPSA) is 67.2 Å². The number of rotatable bonds is 3. The molecule has 1 unspecified atom stereocenters. The maximum atomic E-state index is 13.0. The lowest BCUT2D eigenvalue weighted by Crippen LogP contribution is -2.46. The quantitative estimate of drug-likeness (QED) is 0.912. The van der Waals surface area contributed by atoms with E-state index in [9.17, 15) is 9.59 Å². The second-order valence-corrected chi connectivity index (χ2v) is 8.17. The normalized spacial score (nSPS) is 24.5. The zero-order chi connectivity index (χ0) is 17.4.